The average Bonchev–Trinajstić information content (AvgIpc) is 3.53. The molecule has 6 nitrogen and oxygen atoms in total. The third kappa shape index (κ3) is 3.76. The fraction of sp³-hybridized carbons (Fsp3) is 0.344. The second-order valence-electron chi connectivity index (χ2n) is 11.3. The topological polar surface area (TPSA) is 73.2 Å². The van der Waals surface area contributed by atoms with E-state index in [1.54, 1.807) is 35.4 Å². The number of halogens is 1. The van der Waals surface area contributed by atoms with E-state index >= 15 is 0 Å². The van der Waals surface area contributed by atoms with Crippen LogP contribution in [0.2, 0.25) is 0 Å². The molecule has 40 heavy (non-hydrogen) atoms. The maximum absolute atomic E-state index is 13.4. The van der Waals surface area contributed by atoms with E-state index in [0.717, 1.165) is 40.0 Å². The van der Waals surface area contributed by atoms with Crippen molar-refractivity contribution < 1.29 is 19.7 Å². The zero-order valence-corrected chi connectivity index (χ0v) is 24.6. The summed E-state index contributed by atoms with van der Waals surface area (Å²) in [5.74, 6) is 0.411. The molecule has 0 unspecified atom stereocenters. The molecule has 3 aromatic rings. The second kappa shape index (κ2) is 9.58. The maximum atomic E-state index is 13.4. The van der Waals surface area contributed by atoms with Crippen LogP contribution in [0, 0.1) is 0 Å². The highest BCUT2D eigenvalue weighted by Crippen LogP contribution is 2.64. The Labute approximate surface area is 246 Å². The minimum Gasteiger partial charge on any atom is -0.504 e. The number of likely N-dealkylation sites (tertiary alicyclic amines) is 1. The Morgan fingerprint density at radius 2 is 2.10 bits per heavy atom. The molecular formula is C32H31BrN2O4S. The number of piperidine rings is 1. The predicted molar refractivity (Wildman–Crippen MR) is 160 cm³/mol. The second-order valence-corrected chi connectivity index (χ2v) is 13.2. The number of phenols is 1. The van der Waals surface area contributed by atoms with E-state index in [9.17, 15) is 15.0 Å². The Kier molecular flexibility index (Phi) is 6.23. The summed E-state index contributed by atoms with van der Waals surface area (Å²) in [6, 6.07) is 15.6. The monoisotopic (exact) mass is 618 g/mol. The normalized spacial score (nSPS) is 29.8. The molecule has 1 spiro atoms. The standard InChI is InChI=1S/C32H31BrN2O4S/c1-34(27(37)10-8-23-18-22(33)19-40-23)24-11-13-32(38)26-17-21-7-9-25(36)29-28(21)31(32,30(24)39-29)14-16-35(26)15-12-20-5-3-2-4-6-20/h2-11,13,18-19,24,26,30,36,38H,12,14-17H2,1H3/b10-8+/t24-,26+,30-,31-,32+/m0/s1. The van der Waals surface area contributed by atoms with Crippen LogP contribution in [0.5, 0.6) is 11.5 Å². The van der Waals surface area contributed by atoms with Gasteiger partial charge in [-0.05, 0) is 71.1 Å². The number of thiophene rings is 1. The van der Waals surface area contributed by atoms with Crippen molar-refractivity contribution in [1.82, 2.24) is 9.80 Å². The first-order valence-electron chi connectivity index (χ1n) is 13.7. The summed E-state index contributed by atoms with van der Waals surface area (Å²) in [7, 11) is 1.79. The van der Waals surface area contributed by atoms with Crippen LogP contribution in [0.4, 0.5) is 0 Å². The average molecular weight is 620 g/mol. The van der Waals surface area contributed by atoms with Gasteiger partial charge >= 0.3 is 0 Å². The lowest BCUT2D eigenvalue weighted by molar-refractivity contribution is -0.154. The van der Waals surface area contributed by atoms with Crippen molar-refractivity contribution in [1.29, 1.82) is 0 Å². The van der Waals surface area contributed by atoms with Gasteiger partial charge in [0, 0.05) is 46.0 Å². The van der Waals surface area contributed by atoms with E-state index < -0.39 is 23.2 Å². The SMILES string of the molecule is CN(C(=O)/C=C/c1cc(Br)cs1)[C@H]1C=C[C@@]2(O)[C@H]3Cc4ccc(O)c5c4[C@@]2(CCN3CCc2ccccc2)[C@H]1O5. The first-order valence-corrected chi connectivity index (χ1v) is 15.4. The quantitative estimate of drug-likeness (QED) is 0.303. The predicted octanol–water partition coefficient (Wildman–Crippen LogP) is 4.93. The molecule has 2 bridgehead atoms. The van der Waals surface area contributed by atoms with Crippen LogP contribution in [0.1, 0.15) is 28.0 Å². The number of rotatable bonds is 6. The molecule has 1 aromatic heterocycles. The van der Waals surface area contributed by atoms with Gasteiger partial charge in [0.1, 0.15) is 11.7 Å². The molecule has 2 aliphatic heterocycles. The molecule has 2 N–H and O–H groups in total. The van der Waals surface area contributed by atoms with Gasteiger partial charge in [0.2, 0.25) is 5.91 Å². The summed E-state index contributed by atoms with van der Waals surface area (Å²) < 4.78 is 7.57. The first-order chi connectivity index (χ1) is 19.3. The zero-order valence-electron chi connectivity index (χ0n) is 22.2. The Morgan fingerprint density at radius 3 is 2.88 bits per heavy atom. The number of carbonyl (C=O) groups is 1. The number of hydrogen-bond acceptors (Lipinski definition) is 6. The number of ether oxygens (including phenoxy) is 1. The van der Waals surface area contributed by atoms with Crippen molar-refractivity contribution in [2.75, 3.05) is 20.1 Å². The molecular weight excluding hydrogens is 588 g/mol. The van der Waals surface area contributed by atoms with Gasteiger partial charge in [0.05, 0.1) is 11.5 Å². The number of hydrogen-bond donors (Lipinski definition) is 2. The van der Waals surface area contributed by atoms with Crippen molar-refractivity contribution in [2.45, 2.75) is 48.5 Å². The van der Waals surface area contributed by atoms with E-state index in [2.05, 4.69) is 45.1 Å². The zero-order chi connectivity index (χ0) is 27.6. The molecule has 1 fully saturated rings. The van der Waals surface area contributed by atoms with Crippen molar-refractivity contribution in [3.05, 3.63) is 98.2 Å². The van der Waals surface area contributed by atoms with E-state index in [1.807, 2.05) is 41.8 Å². The van der Waals surface area contributed by atoms with Gasteiger partial charge in [-0.15, -0.1) is 11.3 Å². The lowest BCUT2D eigenvalue weighted by Gasteiger charge is -2.62. The van der Waals surface area contributed by atoms with Gasteiger partial charge in [0.15, 0.2) is 11.5 Å². The number of amides is 1. The summed E-state index contributed by atoms with van der Waals surface area (Å²) in [6.45, 7) is 1.65. The highest BCUT2D eigenvalue weighted by molar-refractivity contribution is 9.10. The van der Waals surface area contributed by atoms with E-state index in [0.29, 0.717) is 18.6 Å². The Balaban J connectivity index is 1.24. The van der Waals surface area contributed by atoms with E-state index in [-0.39, 0.29) is 17.7 Å². The maximum Gasteiger partial charge on any atom is 0.246 e. The van der Waals surface area contributed by atoms with Crippen LogP contribution in [-0.4, -0.2) is 69.8 Å². The Morgan fingerprint density at radius 1 is 1.27 bits per heavy atom. The number of nitrogens with zero attached hydrogens (tertiary/aromatic N) is 2. The molecule has 5 atom stereocenters. The fourth-order valence-corrected chi connectivity index (χ4v) is 8.86. The molecule has 4 aliphatic rings. The molecule has 0 radical (unpaired) electrons. The van der Waals surface area contributed by atoms with Gasteiger partial charge in [-0.25, -0.2) is 0 Å². The molecule has 3 heterocycles. The number of likely N-dealkylation sites (N-methyl/N-ethyl adjacent to an activating group) is 1. The molecule has 1 amide bonds. The van der Waals surface area contributed by atoms with Gasteiger partial charge in [-0.3, -0.25) is 9.69 Å². The van der Waals surface area contributed by atoms with E-state index in [4.69, 9.17) is 4.74 Å². The minimum absolute atomic E-state index is 0.0886. The largest absolute Gasteiger partial charge is 0.504 e. The molecule has 1 saturated heterocycles. The van der Waals surface area contributed by atoms with Crippen molar-refractivity contribution in [2.24, 2.45) is 0 Å². The van der Waals surface area contributed by atoms with Crippen molar-refractivity contribution >= 4 is 39.2 Å². The Hall–Kier alpha value is -2.91. The molecule has 8 heteroatoms. The van der Waals surface area contributed by atoms with Crippen LogP contribution < -0.4 is 4.74 Å². The van der Waals surface area contributed by atoms with E-state index in [1.165, 1.54) is 5.56 Å². The van der Waals surface area contributed by atoms with Crippen molar-refractivity contribution in [3.8, 4) is 11.5 Å². The van der Waals surface area contributed by atoms with Crippen molar-refractivity contribution in [3.63, 3.8) is 0 Å². The van der Waals surface area contributed by atoms with Crippen LogP contribution >= 0.6 is 27.3 Å². The van der Waals surface area contributed by atoms with Crippen LogP contribution in [0.3, 0.4) is 0 Å². The molecule has 7 rings (SSSR count). The van der Waals surface area contributed by atoms with Crippen LogP contribution in [0.25, 0.3) is 6.08 Å². The number of aromatic hydroxyl groups is 1. The third-order valence-corrected chi connectivity index (χ3v) is 11.1. The Bertz CT molecular complexity index is 1540. The van der Waals surface area contributed by atoms with Gasteiger partial charge in [-0.2, -0.15) is 0 Å². The van der Waals surface area contributed by atoms with Gasteiger partial charge in [0.25, 0.3) is 0 Å². The number of phenolic OH excluding ortho intramolecular Hbond substituents is 1. The molecule has 2 aliphatic carbocycles. The third-order valence-electron chi connectivity index (χ3n) is 9.43. The number of aliphatic hydroxyl groups is 1. The molecule has 0 saturated carbocycles. The number of carbonyl (C=O) groups excluding carboxylic acids is 1. The van der Waals surface area contributed by atoms with Gasteiger partial charge < -0.3 is 19.8 Å². The molecule has 2 aromatic carbocycles. The summed E-state index contributed by atoms with van der Waals surface area (Å²) in [4.78, 5) is 18.5. The smallest absolute Gasteiger partial charge is 0.246 e. The first kappa shape index (κ1) is 26.0. The lowest BCUT2D eigenvalue weighted by atomic mass is 9.50. The summed E-state index contributed by atoms with van der Waals surface area (Å²) >= 11 is 5.02. The lowest BCUT2D eigenvalue weighted by Crippen LogP contribution is -2.76. The summed E-state index contributed by atoms with van der Waals surface area (Å²) in [5.41, 5.74) is 1.38. The van der Waals surface area contributed by atoms with Crippen LogP contribution in [0.15, 0.2) is 76.6 Å². The summed E-state index contributed by atoms with van der Waals surface area (Å²) in [5, 5.41) is 25.5. The molecule has 206 valence electrons. The highest BCUT2D eigenvalue weighted by Gasteiger charge is 2.72. The van der Waals surface area contributed by atoms with Crippen LogP contribution in [-0.2, 0) is 23.1 Å². The minimum atomic E-state index is -1.18. The highest BCUT2D eigenvalue weighted by atomic mass is 79.9. The number of benzene rings is 2. The summed E-state index contributed by atoms with van der Waals surface area (Å²) in [6.07, 6.45) is 9.03. The van der Waals surface area contributed by atoms with Gasteiger partial charge in [-0.1, -0.05) is 48.6 Å². The fourth-order valence-electron chi connectivity index (χ4n) is 7.52.